The zero-order valence-corrected chi connectivity index (χ0v) is 17.9. The van der Waals surface area contributed by atoms with E-state index in [0.717, 1.165) is 10.0 Å². The van der Waals surface area contributed by atoms with E-state index in [-0.39, 0.29) is 5.75 Å². The first kappa shape index (κ1) is 18.7. The fourth-order valence-corrected chi connectivity index (χ4v) is 4.02. The van der Waals surface area contributed by atoms with Crippen molar-refractivity contribution in [1.82, 2.24) is 4.98 Å². The molecule has 7 heteroatoms. The molecule has 0 atom stereocenters. The number of aliphatic imine (C=N–C) groups is 1. The maximum absolute atomic E-state index is 10.2. The Hall–Kier alpha value is -2.64. The van der Waals surface area contributed by atoms with Gasteiger partial charge >= 0.3 is 0 Å². The number of ether oxygens (including phenoxy) is 1. The smallest absolute Gasteiger partial charge is 0.231 e. The molecule has 0 fully saturated rings. The first-order chi connectivity index (χ1) is 13.5. The lowest BCUT2D eigenvalue weighted by molar-refractivity contribution is 0.414. The van der Waals surface area contributed by atoms with Crippen molar-refractivity contribution in [3.8, 4) is 23.0 Å². The van der Waals surface area contributed by atoms with Crippen LogP contribution in [-0.2, 0) is 0 Å². The van der Waals surface area contributed by atoms with E-state index in [9.17, 15) is 5.11 Å². The van der Waals surface area contributed by atoms with E-state index in [2.05, 4.69) is 41.8 Å². The third-order valence-corrected chi connectivity index (χ3v) is 5.18. The maximum atomic E-state index is 10.2. The van der Waals surface area contributed by atoms with Crippen molar-refractivity contribution in [3.63, 3.8) is 0 Å². The van der Waals surface area contributed by atoms with Crippen molar-refractivity contribution in [2.24, 2.45) is 4.99 Å². The van der Waals surface area contributed by atoms with Gasteiger partial charge in [0.1, 0.15) is 17.0 Å². The quantitative estimate of drug-likeness (QED) is 0.325. The summed E-state index contributed by atoms with van der Waals surface area (Å²) in [6, 6.07) is 16.6. The van der Waals surface area contributed by atoms with E-state index >= 15 is 0 Å². The molecule has 140 valence electrons. The van der Waals surface area contributed by atoms with E-state index in [1.165, 1.54) is 0 Å². The summed E-state index contributed by atoms with van der Waals surface area (Å²) in [7, 11) is 1.62. The fourth-order valence-electron chi connectivity index (χ4n) is 2.76. The van der Waals surface area contributed by atoms with Crippen molar-refractivity contribution in [3.05, 3.63) is 69.1 Å². The summed E-state index contributed by atoms with van der Waals surface area (Å²) in [4.78, 5) is 9.02. The highest BCUT2D eigenvalue weighted by Gasteiger charge is 2.13. The number of nitrogens with zero attached hydrogens (tertiary/aromatic N) is 2. The first-order valence-electron chi connectivity index (χ1n) is 8.31. The lowest BCUT2D eigenvalue weighted by Gasteiger charge is -2.03. The number of aromatic nitrogens is 1. The third-order valence-electron chi connectivity index (χ3n) is 4.12. The lowest BCUT2D eigenvalue weighted by atomic mass is 10.2. The summed E-state index contributed by atoms with van der Waals surface area (Å²) in [6.45, 7) is 0. The van der Waals surface area contributed by atoms with Crippen molar-refractivity contribution in [2.75, 3.05) is 7.11 Å². The molecule has 0 saturated carbocycles. The second-order valence-electron chi connectivity index (χ2n) is 5.95. The second kappa shape index (κ2) is 7.77. The SMILES string of the molecule is COc1ccccc1-c1nc2cc(N=Cc3cc(Br)cc(Br)c3O)ccc2o1. The molecule has 4 aromatic rings. The Balaban J connectivity index is 1.69. The fraction of sp³-hybridized carbons (Fsp3) is 0.0476. The van der Waals surface area contributed by atoms with Crippen LogP contribution in [-0.4, -0.2) is 23.4 Å². The van der Waals surface area contributed by atoms with E-state index in [1.54, 1.807) is 25.5 Å². The number of benzene rings is 3. The van der Waals surface area contributed by atoms with Gasteiger partial charge in [0, 0.05) is 16.3 Å². The molecular weight excluding hydrogens is 488 g/mol. The van der Waals surface area contributed by atoms with Crippen LogP contribution in [0.25, 0.3) is 22.6 Å². The van der Waals surface area contributed by atoms with Crippen molar-refractivity contribution in [1.29, 1.82) is 0 Å². The third kappa shape index (κ3) is 3.68. The number of phenols is 1. The van der Waals surface area contributed by atoms with Gasteiger partial charge in [-0.2, -0.15) is 0 Å². The van der Waals surface area contributed by atoms with Crippen LogP contribution in [0.15, 0.2) is 73.0 Å². The molecule has 0 unspecified atom stereocenters. The largest absolute Gasteiger partial charge is 0.506 e. The molecule has 0 aliphatic carbocycles. The van der Waals surface area contributed by atoms with Gasteiger partial charge in [0.2, 0.25) is 5.89 Å². The molecule has 0 aliphatic heterocycles. The van der Waals surface area contributed by atoms with Crippen LogP contribution in [0.5, 0.6) is 11.5 Å². The van der Waals surface area contributed by atoms with Gasteiger partial charge in [-0.15, -0.1) is 0 Å². The molecule has 3 aromatic carbocycles. The number of methoxy groups -OCH3 is 1. The van der Waals surface area contributed by atoms with Gasteiger partial charge in [-0.3, -0.25) is 4.99 Å². The van der Waals surface area contributed by atoms with Crippen molar-refractivity contribution in [2.45, 2.75) is 0 Å². The van der Waals surface area contributed by atoms with Crippen LogP contribution in [0, 0.1) is 0 Å². The van der Waals surface area contributed by atoms with Crippen molar-refractivity contribution >= 4 is 54.9 Å². The molecule has 5 nitrogen and oxygen atoms in total. The van der Waals surface area contributed by atoms with Gasteiger partial charge < -0.3 is 14.3 Å². The topological polar surface area (TPSA) is 67.9 Å². The van der Waals surface area contributed by atoms with Crippen LogP contribution in [0.4, 0.5) is 5.69 Å². The summed E-state index contributed by atoms with van der Waals surface area (Å²) >= 11 is 6.73. The minimum Gasteiger partial charge on any atom is -0.506 e. The normalized spacial score (nSPS) is 11.4. The van der Waals surface area contributed by atoms with E-state index in [4.69, 9.17) is 9.15 Å². The number of phenolic OH excluding ortho intramolecular Hbond substituents is 1. The van der Waals surface area contributed by atoms with E-state index in [1.807, 2.05) is 42.5 Å². The Morgan fingerprint density at radius 2 is 1.93 bits per heavy atom. The van der Waals surface area contributed by atoms with Crippen LogP contribution in [0.1, 0.15) is 5.56 Å². The Bertz CT molecular complexity index is 1200. The standard InChI is InChI=1S/C21H14Br2N2O3/c1-27-18-5-3-2-4-15(18)21-25-17-10-14(6-7-19(17)28-21)24-11-12-8-13(22)9-16(23)20(12)26/h2-11,26H,1H3. The zero-order chi connectivity index (χ0) is 19.7. The van der Waals surface area contributed by atoms with Gasteiger partial charge in [0.05, 0.1) is 22.8 Å². The molecule has 0 saturated heterocycles. The predicted octanol–water partition coefficient (Wildman–Crippen LogP) is 6.48. The highest BCUT2D eigenvalue weighted by Crippen LogP contribution is 2.33. The summed E-state index contributed by atoms with van der Waals surface area (Å²) in [6.07, 6.45) is 1.60. The van der Waals surface area contributed by atoms with E-state index < -0.39 is 0 Å². The monoisotopic (exact) mass is 500 g/mol. The summed E-state index contributed by atoms with van der Waals surface area (Å²) in [5.41, 5.74) is 3.43. The van der Waals surface area contributed by atoms with Crippen LogP contribution in [0.3, 0.4) is 0 Å². The predicted molar refractivity (Wildman–Crippen MR) is 117 cm³/mol. The highest BCUT2D eigenvalue weighted by atomic mass is 79.9. The second-order valence-corrected chi connectivity index (χ2v) is 7.72. The van der Waals surface area contributed by atoms with Crippen molar-refractivity contribution < 1.29 is 14.3 Å². The van der Waals surface area contributed by atoms with E-state index in [0.29, 0.717) is 38.5 Å². The Kier molecular flexibility index (Phi) is 5.19. The van der Waals surface area contributed by atoms with Gasteiger partial charge in [-0.05, 0) is 58.4 Å². The molecule has 1 N–H and O–H groups in total. The number of rotatable bonds is 4. The van der Waals surface area contributed by atoms with Crippen LogP contribution in [0.2, 0.25) is 0 Å². The number of hydrogen-bond donors (Lipinski definition) is 1. The minimum absolute atomic E-state index is 0.132. The van der Waals surface area contributed by atoms with Gasteiger partial charge in [-0.25, -0.2) is 4.98 Å². The molecule has 0 aliphatic rings. The van der Waals surface area contributed by atoms with Crippen LogP contribution >= 0.6 is 31.9 Å². The number of hydrogen-bond acceptors (Lipinski definition) is 5. The van der Waals surface area contributed by atoms with Crippen LogP contribution < -0.4 is 4.74 Å². The highest BCUT2D eigenvalue weighted by molar-refractivity contribution is 9.11. The number of fused-ring (bicyclic) bond motifs is 1. The first-order valence-corrected chi connectivity index (χ1v) is 9.90. The molecule has 0 bridgehead atoms. The summed E-state index contributed by atoms with van der Waals surface area (Å²) in [5, 5.41) is 10.2. The maximum Gasteiger partial charge on any atom is 0.231 e. The average Bonchev–Trinajstić information content (AvgIpc) is 3.12. The van der Waals surface area contributed by atoms with Gasteiger partial charge in [0.15, 0.2) is 5.58 Å². The summed E-state index contributed by atoms with van der Waals surface area (Å²) < 4.78 is 12.7. The van der Waals surface area contributed by atoms with Gasteiger partial charge in [-0.1, -0.05) is 28.1 Å². The Morgan fingerprint density at radius 1 is 1.11 bits per heavy atom. The molecule has 0 amide bonds. The average molecular weight is 502 g/mol. The molecule has 0 spiro atoms. The number of oxazole rings is 1. The number of halogens is 2. The van der Waals surface area contributed by atoms with Gasteiger partial charge in [0.25, 0.3) is 0 Å². The Labute approximate surface area is 178 Å². The molecule has 0 radical (unpaired) electrons. The molecule has 4 rings (SSSR count). The molecule has 28 heavy (non-hydrogen) atoms. The summed E-state index contributed by atoms with van der Waals surface area (Å²) in [5.74, 6) is 1.32. The minimum atomic E-state index is 0.132. The number of aromatic hydroxyl groups is 1. The molecule has 1 aromatic heterocycles. The molecular formula is C21H14Br2N2O3. The number of para-hydroxylation sites is 1. The lowest BCUT2D eigenvalue weighted by Crippen LogP contribution is -1.86. The zero-order valence-electron chi connectivity index (χ0n) is 14.7. The molecule has 1 heterocycles. The Morgan fingerprint density at radius 3 is 2.75 bits per heavy atom.